The molecule has 1 aromatic rings. The molecule has 5 rings (SSSR count). The van der Waals surface area contributed by atoms with Gasteiger partial charge in [0.05, 0.1) is 6.54 Å². The lowest BCUT2D eigenvalue weighted by Gasteiger charge is -2.47. The van der Waals surface area contributed by atoms with Gasteiger partial charge in [0.25, 0.3) is 0 Å². The molecule has 2 atom stereocenters. The number of aromatic hydroxyl groups is 1. The smallest absolute Gasteiger partial charge is 0.124 e. The summed E-state index contributed by atoms with van der Waals surface area (Å²) in [5, 5.41) is 12.4. The molecular weight excluding hydrogens is 258 g/mol. The van der Waals surface area contributed by atoms with Crippen molar-refractivity contribution in [2.45, 2.75) is 51.5 Å². The number of phenols is 1. The highest BCUT2D eigenvalue weighted by atomic mass is 16.3. The van der Waals surface area contributed by atoms with Crippen LogP contribution in [0.5, 0.6) is 5.75 Å². The maximum absolute atomic E-state index is 9.90. The van der Waals surface area contributed by atoms with E-state index in [9.17, 15) is 5.11 Å². The maximum atomic E-state index is 9.90. The number of phenolic OH excluding ortho intramolecular Hbond substituents is 1. The number of benzene rings is 1. The topological polar surface area (TPSA) is 36.8 Å². The summed E-state index contributed by atoms with van der Waals surface area (Å²) in [4.78, 5) is 0. The van der Waals surface area contributed by atoms with Gasteiger partial charge in [-0.25, -0.2) is 0 Å². The molecule has 1 aromatic carbocycles. The van der Waals surface area contributed by atoms with Crippen molar-refractivity contribution in [2.75, 3.05) is 6.54 Å². The summed E-state index contributed by atoms with van der Waals surface area (Å²) < 4.78 is 0. The van der Waals surface area contributed by atoms with Gasteiger partial charge in [0, 0.05) is 11.0 Å². The minimum absolute atomic E-state index is 0.455. The fourth-order valence-corrected chi connectivity index (χ4v) is 5.84. The van der Waals surface area contributed by atoms with Crippen molar-refractivity contribution in [1.29, 1.82) is 0 Å². The molecule has 2 nitrogen and oxygen atoms in total. The lowest BCUT2D eigenvalue weighted by atomic mass is 9.58. The van der Waals surface area contributed by atoms with Crippen molar-refractivity contribution in [2.24, 2.45) is 23.2 Å². The Hall–Kier alpha value is -1.02. The molecule has 0 radical (unpaired) electrons. The normalized spacial score (nSPS) is 37.6. The molecule has 0 spiro atoms. The number of nitrogens with two attached hydrogens (primary N) is 1. The summed E-state index contributed by atoms with van der Waals surface area (Å²) >= 11 is 0. The molecular formula is C19H28NO+. The fourth-order valence-electron chi connectivity index (χ4n) is 5.84. The number of rotatable bonds is 4. The summed E-state index contributed by atoms with van der Waals surface area (Å²) in [6.07, 6.45) is 10.5. The first-order chi connectivity index (χ1) is 10.2. The molecule has 2 unspecified atom stereocenters. The van der Waals surface area contributed by atoms with E-state index in [1.54, 1.807) is 6.07 Å². The van der Waals surface area contributed by atoms with E-state index in [-0.39, 0.29) is 0 Å². The molecule has 21 heavy (non-hydrogen) atoms. The predicted molar refractivity (Wildman–Crippen MR) is 83.8 cm³/mol. The summed E-state index contributed by atoms with van der Waals surface area (Å²) in [5.74, 6) is 3.53. The fraction of sp³-hybridized carbons (Fsp3) is 0.684. The lowest BCUT2D eigenvalue weighted by Crippen LogP contribution is -2.86. The van der Waals surface area contributed by atoms with Crippen LogP contribution in [0.15, 0.2) is 24.3 Å². The van der Waals surface area contributed by atoms with Crippen molar-refractivity contribution >= 4 is 0 Å². The number of para-hydroxylation sites is 1. The van der Waals surface area contributed by atoms with Gasteiger partial charge in [-0.05, 0) is 62.0 Å². The molecule has 114 valence electrons. The number of hydrogen-bond donors (Lipinski definition) is 2. The Labute approximate surface area is 128 Å². The molecule has 0 saturated heterocycles. The summed E-state index contributed by atoms with van der Waals surface area (Å²) in [6, 6.07) is 7.79. The third-order valence-electron chi connectivity index (χ3n) is 6.41. The van der Waals surface area contributed by atoms with Gasteiger partial charge in [-0.1, -0.05) is 25.0 Å². The Morgan fingerprint density at radius 3 is 2.38 bits per heavy atom. The molecule has 4 saturated carbocycles. The van der Waals surface area contributed by atoms with Crippen molar-refractivity contribution in [1.82, 2.24) is 0 Å². The average molecular weight is 286 g/mol. The van der Waals surface area contributed by atoms with Crippen LogP contribution in [0.3, 0.4) is 0 Å². The number of fused-ring (bicyclic) bond motifs is 1. The predicted octanol–water partition coefficient (Wildman–Crippen LogP) is 3.06. The van der Waals surface area contributed by atoms with E-state index < -0.39 is 0 Å². The molecule has 0 amide bonds. The van der Waals surface area contributed by atoms with Crippen molar-refractivity contribution < 1.29 is 10.4 Å². The van der Waals surface area contributed by atoms with Gasteiger partial charge in [-0.15, -0.1) is 0 Å². The Kier molecular flexibility index (Phi) is 3.45. The van der Waals surface area contributed by atoms with E-state index in [0.29, 0.717) is 11.2 Å². The van der Waals surface area contributed by atoms with Crippen molar-refractivity contribution in [3.63, 3.8) is 0 Å². The van der Waals surface area contributed by atoms with Crippen LogP contribution < -0.4 is 5.32 Å². The Morgan fingerprint density at radius 1 is 1.00 bits per heavy atom. The summed E-state index contributed by atoms with van der Waals surface area (Å²) in [5.41, 5.74) is 1.71. The van der Waals surface area contributed by atoms with E-state index in [1.807, 2.05) is 12.1 Å². The summed E-state index contributed by atoms with van der Waals surface area (Å²) in [7, 11) is 0. The van der Waals surface area contributed by atoms with E-state index in [1.165, 1.54) is 51.5 Å². The van der Waals surface area contributed by atoms with Crippen LogP contribution >= 0.6 is 0 Å². The summed E-state index contributed by atoms with van der Waals surface area (Å²) in [6.45, 7) is 2.19. The van der Waals surface area contributed by atoms with Crippen LogP contribution in [0, 0.1) is 23.2 Å². The van der Waals surface area contributed by atoms with E-state index >= 15 is 0 Å². The second-order valence-electron chi connectivity index (χ2n) is 8.08. The number of hydrogen-bond acceptors (Lipinski definition) is 1. The highest BCUT2D eigenvalue weighted by molar-refractivity contribution is 5.30. The van der Waals surface area contributed by atoms with Crippen LogP contribution in [-0.2, 0) is 6.54 Å². The quantitative estimate of drug-likeness (QED) is 0.877. The third-order valence-corrected chi connectivity index (χ3v) is 6.41. The van der Waals surface area contributed by atoms with Crippen LogP contribution in [0.2, 0.25) is 0 Å². The van der Waals surface area contributed by atoms with Gasteiger partial charge < -0.3 is 10.4 Å². The Bertz CT molecular complexity index is 496. The molecule has 0 aromatic heterocycles. The van der Waals surface area contributed by atoms with Gasteiger partial charge in [-0.2, -0.15) is 0 Å². The highest BCUT2D eigenvalue weighted by Gasteiger charge is 2.49. The van der Waals surface area contributed by atoms with Crippen LogP contribution in [0.4, 0.5) is 0 Å². The van der Waals surface area contributed by atoms with Crippen molar-refractivity contribution in [3.05, 3.63) is 29.8 Å². The second-order valence-corrected chi connectivity index (χ2v) is 8.08. The highest BCUT2D eigenvalue weighted by Crippen LogP contribution is 2.57. The molecule has 4 fully saturated rings. The van der Waals surface area contributed by atoms with E-state index in [0.717, 1.165) is 29.9 Å². The van der Waals surface area contributed by atoms with E-state index in [4.69, 9.17) is 0 Å². The second kappa shape index (κ2) is 5.31. The van der Waals surface area contributed by atoms with E-state index in [2.05, 4.69) is 11.4 Å². The first-order valence-corrected chi connectivity index (χ1v) is 8.81. The minimum Gasteiger partial charge on any atom is -0.507 e. The van der Waals surface area contributed by atoms with Gasteiger partial charge in [0.2, 0.25) is 0 Å². The molecule has 3 N–H and O–H groups in total. The zero-order valence-corrected chi connectivity index (χ0v) is 12.9. The van der Waals surface area contributed by atoms with Gasteiger partial charge in [-0.3, -0.25) is 0 Å². The largest absolute Gasteiger partial charge is 0.507 e. The Balaban J connectivity index is 1.41. The molecule has 2 heteroatoms. The number of quaternary nitrogens is 1. The zero-order valence-electron chi connectivity index (χ0n) is 12.9. The molecule has 4 aliphatic rings. The standard InChI is InChI=1S/C19H27NO/c21-18-4-2-1-3-17(18)12-20-13-19-9-14-5-6-15(10-19)8-16(7-14)11-19/h1-4,14-16,20-21H,5-13H2/p+1. The van der Waals surface area contributed by atoms with Gasteiger partial charge in [0.1, 0.15) is 12.3 Å². The maximum Gasteiger partial charge on any atom is 0.124 e. The third kappa shape index (κ3) is 2.70. The lowest BCUT2D eigenvalue weighted by molar-refractivity contribution is -0.683. The Morgan fingerprint density at radius 2 is 1.67 bits per heavy atom. The minimum atomic E-state index is 0.455. The monoisotopic (exact) mass is 286 g/mol. The first-order valence-electron chi connectivity index (χ1n) is 8.81. The van der Waals surface area contributed by atoms with Crippen LogP contribution in [0.1, 0.15) is 50.5 Å². The van der Waals surface area contributed by atoms with Crippen molar-refractivity contribution in [3.8, 4) is 5.75 Å². The molecule has 4 aliphatic carbocycles. The van der Waals surface area contributed by atoms with Crippen LogP contribution in [-0.4, -0.2) is 11.7 Å². The van der Waals surface area contributed by atoms with Gasteiger partial charge in [0.15, 0.2) is 0 Å². The first kappa shape index (κ1) is 13.6. The average Bonchev–Trinajstić information content (AvgIpc) is 2.67. The molecule has 4 bridgehead atoms. The van der Waals surface area contributed by atoms with Crippen LogP contribution in [0.25, 0.3) is 0 Å². The zero-order chi connectivity index (χ0) is 14.3. The van der Waals surface area contributed by atoms with Gasteiger partial charge >= 0.3 is 0 Å². The molecule has 0 aliphatic heterocycles. The SMILES string of the molecule is Oc1ccccc1C[NH2+]CC12CC3CCC(CC(C3)C1)C2. The molecule has 0 heterocycles.